The molecule has 1 aliphatic carbocycles. The molecule has 0 bridgehead atoms. The van der Waals surface area contributed by atoms with Gasteiger partial charge in [-0.2, -0.15) is 5.26 Å². The molecule has 0 radical (unpaired) electrons. The molecule has 0 fully saturated rings. The lowest BCUT2D eigenvalue weighted by molar-refractivity contribution is 0.197. The molecule has 0 saturated carbocycles. The van der Waals surface area contributed by atoms with Gasteiger partial charge in [0.2, 0.25) is 0 Å². The predicted octanol–water partition coefficient (Wildman–Crippen LogP) is 5.02. The van der Waals surface area contributed by atoms with Gasteiger partial charge < -0.3 is 9.47 Å². The van der Waals surface area contributed by atoms with Crippen LogP contribution in [0.2, 0.25) is 0 Å². The van der Waals surface area contributed by atoms with E-state index in [-0.39, 0.29) is 5.56 Å². The number of fused-ring (bicyclic) bond motifs is 1. The van der Waals surface area contributed by atoms with Gasteiger partial charge in [0.15, 0.2) is 0 Å². The Kier molecular flexibility index (Phi) is 6.02. The molecule has 0 amide bonds. The van der Waals surface area contributed by atoms with E-state index in [0.717, 1.165) is 47.1 Å². The van der Waals surface area contributed by atoms with Crippen LogP contribution in [0.25, 0.3) is 0 Å². The molecule has 26 heavy (non-hydrogen) atoms. The number of benzene rings is 2. The lowest BCUT2D eigenvalue weighted by atomic mass is 10.1. The minimum Gasteiger partial charge on any atom is -0.457 e. The molecule has 2 aromatic carbocycles. The third-order valence-corrected chi connectivity index (χ3v) is 4.82. The first-order valence-electron chi connectivity index (χ1n) is 8.35. The summed E-state index contributed by atoms with van der Waals surface area (Å²) in [5.74, 6) is 0.490. The Morgan fingerprint density at radius 1 is 1.27 bits per heavy atom. The molecule has 0 unspecified atom stereocenters. The monoisotopic (exact) mass is 416 g/mol. The third-order valence-electron chi connectivity index (χ3n) is 4.16. The Bertz CT molecular complexity index is 890. The van der Waals surface area contributed by atoms with Crippen molar-refractivity contribution in [3.05, 3.63) is 57.3 Å². The highest BCUT2D eigenvalue weighted by atomic mass is 79.9. The second kappa shape index (κ2) is 8.43. The number of hydrogen-bond acceptors (Lipinski definition) is 4. The zero-order chi connectivity index (χ0) is 18.5. The van der Waals surface area contributed by atoms with Gasteiger partial charge in [0.1, 0.15) is 17.3 Å². The third kappa shape index (κ3) is 4.12. The number of aliphatic imine (C=N–C) groups is 1. The van der Waals surface area contributed by atoms with Crippen LogP contribution in [0.5, 0.6) is 11.5 Å². The van der Waals surface area contributed by atoms with Crippen LogP contribution in [0, 0.1) is 17.1 Å². The van der Waals surface area contributed by atoms with Crippen molar-refractivity contribution in [3.8, 4) is 17.6 Å². The summed E-state index contributed by atoms with van der Waals surface area (Å²) in [4.78, 5) is 4.70. The molecule has 0 aromatic heterocycles. The van der Waals surface area contributed by atoms with Crippen molar-refractivity contribution in [2.75, 3.05) is 20.3 Å². The predicted molar refractivity (Wildman–Crippen MR) is 102 cm³/mol. The number of methoxy groups -OCH3 is 1. The molecule has 0 N–H and O–H groups in total. The molecule has 6 heteroatoms. The number of ether oxygens (including phenoxy) is 2. The van der Waals surface area contributed by atoms with Crippen LogP contribution < -0.4 is 4.74 Å². The quantitative estimate of drug-likeness (QED) is 0.620. The van der Waals surface area contributed by atoms with E-state index < -0.39 is 5.82 Å². The first kappa shape index (κ1) is 18.6. The second-order valence-electron chi connectivity index (χ2n) is 5.96. The van der Waals surface area contributed by atoms with Crippen LogP contribution in [-0.4, -0.2) is 26.0 Å². The Labute approximate surface area is 160 Å². The van der Waals surface area contributed by atoms with Gasteiger partial charge in [0.05, 0.1) is 11.6 Å². The van der Waals surface area contributed by atoms with E-state index in [1.165, 1.54) is 18.2 Å². The number of hydrogen-bond donors (Lipinski definition) is 0. The highest BCUT2D eigenvalue weighted by Gasteiger charge is 2.24. The fraction of sp³-hybridized carbons (Fsp3) is 0.300. The first-order chi connectivity index (χ1) is 12.6. The summed E-state index contributed by atoms with van der Waals surface area (Å²) in [6, 6.07) is 9.71. The maximum Gasteiger partial charge on any atom is 0.131 e. The van der Waals surface area contributed by atoms with Gasteiger partial charge in [-0.1, -0.05) is 15.9 Å². The van der Waals surface area contributed by atoms with Gasteiger partial charge in [-0.3, -0.25) is 4.99 Å². The van der Waals surface area contributed by atoms with E-state index in [9.17, 15) is 4.39 Å². The topological polar surface area (TPSA) is 54.6 Å². The van der Waals surface area contributed by atoms with Crippen LogP contribution >= 0.6 is 15.9 Å². The first-order valence-corrected chi connectivity index (χ1v) is 9.14. The van der Waals surface area contributed by atoms with Crippen molar-refractivity contribution in [1.82, 2.24) is 0 Å². The highest BCUT2D eigenvalue weighted by Crippen LogP contribution is 2.38. The van der Waals surface area contributed by atoms with Gasteiger partial charge >= 0.3 is 0 Å². The van der Waals surface area contributed by atoms with Crippen LogP contribution in [0.4, 0.5) is 4.39 Å². The van der Waals surface area contributed by atoms with E-state index in [2.05, 4.69) is 15.9 Å². The van der Waals surface area contributed by atoms with E-state index in [0.29, 0.717) is 18.1 Å². The fourth-order valence-corrected chi connectivity index (χ4v) is 3.62. The number of nitriles is 1. The number of rotatable bonds is 6. The van der Waals surface area contributed by atoms with Gasteiger partial charge in [-0.05, 0) is 43.5 Å². The molecule has 0 saturated heterocycles. The molecule has 0 atom stereocenters. The lowest BCUT2D eigenvalue weighted by Gasteiger charge is -2.12. The summed E-state index contributed by atoms with van der Waals surface area (Å²) in [7, 11) is 1.68. The molecule has 3 rings (SSSR count). The smallest absolute Gasteiger partial charge is 0.131 e. The summed E-state index contributed by atoms with van der Waals surface area (Å²) in [5, 5.41) is 9.00. The zero-order valence-corrected chi connectivity index (χ0v) is 16.0. The van der Waals surface area contributed by atoms with Crippen molar-refractivity contribution in [1.29, 1.82) is 5.26 Å². The molecule has 4 nitrogen and oxygen atoms in total. The average molecular weight is 417 g/mol. The van der Waals surface area contributed by atoms with Crippen LogP contribution in [0.1, 0.15) is 29.5 Å². The molecule has 2 aromatic rings. The Balaban J connectivity index is 1.89. The van der Waals surface area contributed by atoms with Crippen molar-refractivity contribution in [2.24, 2.45) is 4.99 Å². The highest BCUT2D eigenvalue weighted by molar-refractivity contribution is 9.10. The number of halogens is 2. The van der Waals surface area contributed by atoms with Gasteiger partial charge in [-0.15, -0.1) is 0 Å². The SMILES string of the molecule is COCCC/N=C1/CCc2c(Oc3cc(F)cc(C#N)c3)ccc(Br)c21. The maximum atomic E-state index is 13.7. The molecule has 134 valence electrons. The molecule has 0 spiro atoms. The normalized spacial score (nSPS) is 14.3. The molecule has 0 aliphatic heterocycles. The fourth-order valence-electron chi connectivity index (χ4n) is 3.02. The van der Waals surface area contributed by atoms with Crippen LogP contribution in [0.15, 0.2) is 39.8 Å². The van der Waals surface area contributed by atoms with Crippen molar-refractivity contribution < 1.29 is 13.9 Å². The second-order valence-corrected chi connectivity index (χ2v) is 6.82. The van der Waals surface area contributed by atoms with Gasteiger partial charge in [0.25, 0.3) is 0 Å². The summed E-state index contributed by atoms with van der Waals surface area (Å²) in [6.07, 6.45) is 2.53. The van der Waals surface area contributed by atoms with Crippen molar-refractivity contribution >= 4 is 21.6 Å². The Morgan fingerprint density at radius 2 is 2.12 bits per heavy atom. The molecular weight excluding hydrogens is 399 g/mol. The Morgan fingerprint density at radius 3 is 2.88 bits per heavy atom. The minimum absolute atomic E-state index is 0.231. The average Bonchev–Trinajstić information content (AvgIpc) is 3.06. The van der Waals surface area contributed by atoms with E-state index in [1.807, 2.05) is 18.2 Å². The van der Waals surface area contributed by atoms with E-state index >= 15 is 0 Å². The van der Waals surface area contributed by atoms with Gasteiger partial charge in [0, 0.05) is 47.6 Å². The molecule has 0 heterocycles. The molecular formula is C20H18BrFN2O2. The summed E-state index contributed by atoms with van der Waals surface area (Å²) in [5.41, 5.74) is 3.38. The number of nitrogens with zero attached hydrogens (tertiary/aromatic N) is 2. The summed E-state index contributed by atoms with van der Waals surface area (Å²) in [6.45, 7) is 1.41. The largest absolute Gasteiger partial charge is 0.457 e. The summed E-state index contributed by atoms with van der Waals surface area (Å²) >= 11 is 3.60. The van der Waals surface area contributed by atoms with Crippen LogP contribution in [-0.2, 0) is 11.2 Å². The van der Waals surface area contributed by atoms with Crippen molar-refractivity contribution in [2.45, 2.75) is 19.3 Å². The minimum atomic E-state index is -0.492. The zero-order valence-electron chi connectivity index (χ0n) is 14.4. The lowest BCUT2D eigenvalue weighted by Crippen LogP contribution is -2.00. The standard InChI is InChI=1S/C20H18BrFN2O2/c1-25-8-2-7-24-18-5-3-16-19(6-4-17(21)20(16)18)26-15-10-13(12-23)9-14(22)11-15/h4,6,9-11H,2-3,5,7-8H2,1H3/b24-18-. The van der Waals surface area contributed by atoms with Crippen LogP contribution in [0.3, 0.4) is 0 Å². The molecule has 1 aliphatic rings. The van der Waals surface area contributed by atoms with Gasteiger partial charge in [-0.25, -0.2) is 4.39 Å². The Hall–Kier alpha value is -2.23. The van der Waals surface area contributed by atoms with E-state index in [1.54, 1.807) is 7.11 Å². The van der Waals surface area contributed by atoms with Crippen molar-refractivity contribution in [3.63, 3.8) is 0 Å². The maximum absolute atomic E-state index is 13.7. The van der Waals surface area contributed by atoms with E-state index in [4.69, 9.17) is 19.7 Å². The summed E-state index contributed by atoms with van der Waals surface area (Å²) < 4.78 is 25.6.